The quantitative estimate of drug-likeness (QED) is 0.701. The average Bonchev–Trinajstić information content (AvgIpc) is 2.97. The van der Waals surface area contributed by atoms with Crippen molar-refractivity contribution in [2.24, 2.45) is 0 Å². The van der Waals surface area contributed by atoms with Gasteiger partial charge in [-0.15, -0.1) is 11.3 Å². The highest BCUT2D eigenvalue weighted by molar-refractivity contribution is 7.15. The molecule has 5 heteroatoms. The van der Waals surface area contributed by atoms with E-state index in [1.807, 2.05) is 11.4 Å². The third-order valence-corrected chi connectivity index (χ3v) is 4.29. The summed E-state index contributed by atoms with van der Waals surface area (Å²) in [5, 5.41) is 1.89. The van der Waals surface area contributed by atoms with E-state index in [9.17, 15) is 4.79 Å². The molecule has 0 saturated heterocycles. The van der Waals surface area contributed by atoms with Crippen molar-refractivity contribution in [1.82, 2.24) is 14.3 Å². The molecule has 0 atom stereocenters. The second-order valence-electron chi connectivity index (χ2n) is 5.34. The number of fused-ring (bicyclic) bond motifs is 1. The van der Waals surface area contributed by atoms with Crippen molar-refractivity contribution in [1.29, 1.82) is 0 Å². The van der Waals surface area contributed by atoms with Crippen molar-refractivity contribution in [3.05, 3.63) is 69.6 Å². The second kappa shape index (κ2) is 6.85. The number of benzene rings is 1. The van der Waals surface area contributed by atoms with Gasteiger partial charge in [0, 0.05) is 30.7 Å². The molecule has 0 N–H and O–H groups in total. The Labute approximate surface area is 133 Å². The first-order chi connectivity index (χ1) is 10.8. The van der Waals surface area contributed by atoms with E-state index in [1.54, 1.807) is 16.7 Å². The molecule has 3 aromatic rings. The topological polar surface area (TPSA) is 37.6 Å². The second-order valence-corrected chi connectivity index (χ2v) is 6.21. The number of hydrogen-bond donors (Lipinski definition) is 0. The molecule has 2 aromatic heterocycles. The highest BCUT2D eigenvalue weighted by atomic mass is 32.1. The van der Waals surface area contributed by atoms with Gasteiger partial charge in [0.1, 0.15) is 0 Å². The lowest BCUT2D eigenvalue weighted by molar-refractivity contribution is 0.254. The van der Waals surface area contributed by atoms with Gasteiger partial charge >= 0.3 is 0 Å². The van der Waals surface area contributed by atoms with Crippen molar-refractivity contribution in [3.8, 4) is 0 Å². The van der Waals surface area contributed by atoms with Gasteiger partial charge in [0.15, 0.2) is 4.96 Å². The lowest BCUT2D eigenvalue weighted by Gasteiger charge is -2.21. The summed E-state index contributed by atoms with van der Waals surface area (Å²) in [5.74, 6) is 0. The number of hydrogen-bond acceptors (Lipinski definition) is 4. The van der Waals surface area contributed by atoms with Crippen LogP contribution >= 0.6 is 11.3 Å². The van der Waals surface area contributed by atoms with Gasteiger partial charge < -0.3 is 0 Å². The summed E-state index contributed by atoms with van der Waals surface area (Å²) in [6.07, 6.45) is 2.85. The van der Waals surface area contributed by atoms with E-state index in [2.05, 4.69) is 41.1 Å². The third kappa shape index (κ3) is 3.43. The first-order valence-corrected chi connectivity index (χ1v) is 8.36. The zero-order valence-electron chi connectivity index (χ0n) is 12.6. The van der Waals surface area contributed by atoms with Crippen LogP contribution in [-0.4, -0.2) is 20.8 Å². The molecule has 0 amide bonds. The van der Waals surface area contributed by atoms with Crippen LogP contribution in [0.1, 0.15) is 24.6 Å². The van der Waals surface area contributed by atoms with E-state index >= 15 is 0 Å². The lowest BCUT2D eigenvalue weighted by Crippen LogP contribution is -2.25. The zero-order chi connectivity index (χ0) is 15.4. The van der Waals surface area contributed by atoms with E-state index in [-0.39, 0.29) is 5.56 Å². The van der Waals surface area contributed by atoms with E-state index in [0.29, 0.717) is 6.54 Å². The highest BCUT2D eigenvalue weighted by Gasteiger charge is 2.09. The molecular weight excluding hydrogens is 294 g/mol. The van der Waals surface area contributed by atoms with Crippen molar-refractivity contribution in [2.45, 2.75) is 26.4 Å². The number of thiazole rings is 1. The standard InChI is InChI=1S/C17H19N3OS/c1-2-8-19(12-14-6-4-3-5-7-14)13-15-11-16(21)20-9-10-22-17(20)18-15/h3-7,9-11H,2,8,12-13H2,1H3. The molecule has 3 rings (SSSR count). The van der Waals surface area contributed by atoms with E-state index in [1.165, 1.54) is 16.9 Å². The molecule has 0 aliphatic heterocycles. The minimum atomic E-state index is -0.00240. The van der Waals surface area contributed by atoms with Crippen molar-refractivity contribution >= 4 is 16.3 Å². The van der Waals surface area contributed by atoms with Gasteiger partial charge in [-0.05, 0) is 18.5 Å². The Morgan fingerprint density at radius 3 is 2.82 bits per heavy atom. The molecule has 0 radical (unpaired) electrons. The average molecular weight is 313 g/mol. The Kier molecular flexibility index (Phi) is 4.65. The molecule has 4 nitrogen and oxygen atoms in total. The fraction of sp³-hybridized carbons (Fsp3) is 0.294. The minimum Gasteiger partial charge on any atom is -0.293 e. The summed E-state index contributed by atoms with van der Waals surface area (Å²) in [6, 6.07) is 12.1. The summed E-state index contributed by atoms with van der Waals surface area (Å²) in [6.45, 7) is 4.73. The first-order valence-electron chi connectivity index (χ1n) is 7.48. The molecule has 0 aliphatic carbocycles. The Morgan fingerprint density at radius 1 is 1.23 bits per heavy atom. The van der Waals surface area contributed by atoms with Gasteiger partial charge in [0.05, 0.1) is 5.69 Å². The Bertz CT molecular complexity index is 794. The maximum atomic E-state index is 12.1. The molecule has 0 bridgehead atoms. The molecule has 2 heterocycles. The molecule has 0 fully saturated rings. The van der Waals surface area contributed by atoms with Crippen LogP contribution in [0.4, 0.5) is 0 Å². The first kappa shape index (κ1) is 14.9. The zero-order valence-corrected chi connectivity index (χ0v) is 13.4. The van der Waals surface area contributed by atoms with Crippen LogP contribution in [0.25, 0.3) is 4.96 Å². The number of aromatic nitrogens is 2. The largest absolute Gasteiger partial charge is 0.293 e. The van der Waals surface area contributed by atoms with E-state index in [0.717, 1.165) is 30.2 Å². The molecule has 114 valence electrons. The fourth-order valence-corrected chi connectivity index (χ4v) is 3.31. The lowest BCUT2D eigenvalue weighted by atomic mass is 10.2. The van der Waals surface area contributed by atoms with Crippen LogP contribution in [0.2, 0.25) is 0 Å². The van der Waals surface area contributed by atoms with Gasteiger partial charge in [0.2, 0.25) is 0 Å². The molecular formula is C17H19N3OS. The van der Waals surface area contributed by atoms with Crippen LogP contribution < -0.4 is 5.56 Å². The van der Waals surface area contributed by atoms with Gasteiger partial charge in [-0.1, -0.05) is 37.3 Å². The van der Waals surface area contributed by atoms with Gasteiger partial charge in [-0.2, -0.15) is 0 Å². The maximum absolute atomic E-state index is 12.1. The highest BCUT2D eigenvalue weighted by Crippen LogP contribution is 2.11. The Hall–Kier alpha value is -1.98. The molecule has 1 aromatic carbocycles. The SMILES string of the molecule is CCCN(Cc1ccccc1)Cc1cc(=O)n2ccsc2n1. The van der Waals surface area contributed by atoms with Crippen LogP contribution in [0.15, 0.2) is 52.8 Å². The van der Waals surface area contributed by atoms with Crippen LogP contribution in [0.5, 0.6) is 0 Å². The molecule has 0 saturated carbocycles. The fourth-order valence-electron chi connectivity index (χ4n) is 2.57. The maximum Gasteiger partial charge on any atom is 0.258 e. The Balaban J connectivity index is 1.81. The molecule has 0 unspecified atom stereocenters. The van der Waals surface area contributed by atoms with Crippen molar-refractivity contribution in [3.63, 3.8) is 0 Å². The summed E-state index contributed by atoms with van der Waals surface area (Å²) in [5.41, 5.74) is 2.12. The van der Waals surface area contributed by atoms with Crippen molar-refractivity contribution < 1.29 is 0 Å². The minimum absolute atomic E-state index is 0.00240. The monoisotopic (exact) mass is 313 g/mol. The number of nitrogens with zero attached hydrogens (tertiary/aromatic N) is 3. The summed E-state index contributed by atoms with van der Waals surface area (Å²) < 4.78 is 1.59. The van der Waals surface area contributed by atoms with E-state index in [4.69, 9.17) is 0 Å². The normalized spacial score (nSPS) is 11.4. The van der Waals surface area contributed by atoms with Crippen molar-refractivity contribution in [2.75, 3.05) is 6.54 Å². The van der Waals surface area contributed by atoms with Crippen LogP contribution in [0.3, 0.4) is 0 Å². The van der Waals surface area contributed by atoms with Crippen LogP contribution in [-0.2, 0) is 13.1 Å². The van der Waals surface area contributed by atoms with Crippen LogP contribution in [0, 0.1) is 0 Å². The summed E-state index contributed by atoms with van der Waals surface area (Å²) in [4.78, 5) is 19.8. The van der Waals surface area contributed by atoms with Gasteiger partial charge in [-0.25, -0.2) is 4.98 Å². The predicted molar refractivity (Wildman–Crippen MR) is 90.2 cm³/mol. The van der Waals surface area contributed by atoms with Gasteiger partial charge in [0.25, 0.3) is 5.56 Å². The summed E-state index contributed by atoms with van der Waals surface area (Å²) >= 11 is 1.49. The van der Waals surface area contributed by atoms with Gasteiger partial charge in [-0.3, -0.25) is 14.1 Å². The Morgan fingerprint density at radius 2 is 2.05 bits per heavy atom. The number of rotatable bonds is 6. The smallest absolute Gasteiger partial charge is 0.258 e. The van der Waals surface area contributed by atoms with E-state index < -0.39 is 0 Å². The molecule has 0 spiro atoms. The third-order valence-electron chi connectivity index (χ3n) is 3.53. The predicted octanol–water partition coefficient (Wildman–Crippen LogP) is 3.17. The summed E-state index contributed by atoms with van der Waals surface area (Å²) in [7, 11) is 0. The molecule has 22 heavy (non-hydrogen) atoms. The molecule has 0 aliphatic rings.